The van der Waals surface area contributed by atoms with Gasteiger partial charge in [-0.05, 0) is 24.0 Å². The molecular formula is C12H11NS. The van der Waals surface area contributed by atoms with Crippen molar-refractivity contribution in [3.8, 4) is 0 Å². The molecule has 0 fully saturated rings. The van der Waals surface area contributed by atoms with Gasteiger partial charge >= 0.3 is 0 Å². The number of hydrogen-bond acceptors (Lipinski definition) is 2. The third-order valence-electron chi connectivity index (χ3n) is 2.88. The topological polar surface area (TPSA) is 12.9 Å². The summed E-state index contributed by atoms with van der Waals surface area (Å²) in [6.07, 6.45) is 4.34. The number of aryl methyl sites for hydroxylation is 1. The molecule has 1 nitrogen and oxygen atoms in total. The van der Waals surface area contributed by atoms with E-state index in [2.05, 4.69) is 34.6 Å². The summed E-state index contributed by atoms with van der Waals surface area (Å²) in [5.74, 6) is 0.561. The molecule has 3 rings (SSSR count). The molecule has 1 unspecified atom stereocenters. The average molecular weight is 201 g/mol. The van der Waals surface area contributed by atoms with Gasteiger partial charge in [-0.15, -0.1) is 11.3 Å². The lowest BCUT2D eigenvalue weighted by Crippen LogP contribution is -1.94. The summed E-state index contributed by atoms with van der Waals surface area (Å²) >= 11 is 1.77. The van der Waals surface area contributed by atoms with Crippen molar-refractivity contribution in [1.82, 2.24) is 4.98 Å². The number of rotatable bonds is 1. The van der Waals surface area contributed by atoms with Crippen molar-refractivity contribution in [3.05, 3.63) is 52.0 Å². The zero-order valence-corrected chi connectivity index (χ0v) is 8.63. The van der Waals surface area contributed by atoms with E-state index in [4.69, 9.17) is 0 Å². The van der Waals surface area contributed by atoms with E-state index in [1.807, 2.05) is 6.20 Å². The molecule has 1 atom stereocenters. The number of aromatic nitrogens is 1. The van der Waals surface area contributed by atoms with Gasteiger partial charge in [0.05, 0.1) is 5.01 Å². The highest BCUT2D eigenvalue weighted by Gasteiger charge is 2.24. The Morgan fingerprint density at radius 3 is 3.07 bits per heavy atom. The minimum Gasteiger partial charge on any atom is -0.249 e. The Labute approximate surface area is 87.4 Å². The molecule has 0 amide bonds. The SMILES string of the molecule is c1ccc2c(c1)CCC2c1nccs1. The maximum absolute atomic E-state index is 4.42. The normalized spacial score (nSPS) is 19.6. The quantitative estimate of drug-likeness (QED) is 0.690. The summed E-state index contributed by atoms with van der Waals surface area (Å²) in [6, 6.07) is 8.74. The molecule has 1 aliphatic rings. The molecular weight excluding hydrogens is 190 g/mol. The fourth-order valence-electron chi connectivity index (χ4n) is 2.22. The predicted octanol–water partition coefficient (Wildman–Crippen LogP) is 3.22. The molecule has 0 aliphatic heterocycles. The van der Waals surface area contributed by atoms with Crippen LogP contribution in [0.3, 0.4) is 0 Å². The van der Waals surface area contributed by atoms with Crippen LogP contribution >= 0.6 is 11.3 Å². The summed E-state index contributed by atoms with van der Waals surface area (Å²) in [5, 5.41) is 3.34. The maximum atomic E-state index is 4.42. The second-order valence-corrected chi connectivity index (χ2v) is 4.59. The summed E-state index contributed by atoms with van der Waals surface area (Å²) in [6.45, 7) is 0. The summed E-state index contributed by atoms with van der Waals surface area (Å²) in [7, 11) is 0. The smallest absolute Gasteiger partial charge is 0.1000 e. The Balaban J connectivity index is 2.06. The Hall–Kier alpha value is -1.15. The lowest BCUT2D eigenvalue weighted by Gasteiger charge is -2.06. The second-order valence-electron chi connectivity index (χ2n) is 3.66. The van der Waals surface area contributed by atoms with Crippen LogP contribution in [-0.2, 0) is 6.42 Å². The van der Waals surface area contributed by atoms with Gasteiger partial charge in [-0.25, -0.2) is 4.98 Å². The van der Waals surface area contributed by atoms with E-state index in [1.165, 1.54) is 29.0 Å². The molecule has 1 aromatic carbocycles. The van der Waals surface area contributed by atoms with E-state index in [0.29, 0.717) is 5.92 Å². The highest BCUT2D eigenvalue weighted by Crippen LogP contribution is 2.38. The van der Waals surface area contributed by atoms with Crippen molar-refractivity contribution in [1.29, 1.82) is 0 Å². The highest BCUT2D eigenvalue weighted by atomic mass is 32.1. The maximum Gasteiger partial charge on any atom is 0.1000 e. The fraction of sp³-hybridized carbons (Fsp3) is 0.250. The van der Waals surface area contributed by atoms with Gasteiger partial charge in [-0.1, -0.05) is 24.3 Å². The Morgan fingerprint density at radius 2 is 2.21 bits per heavy atom. The molecule has 1 aliphatic carbocycles. The number of fused-ring (bicyclic) bond motifs is 1. The Bertz CT molecular complexity index is 433. The van der Waals surface area contributed by atoms with E-state index in [0.717, 1.165) is 0 Å². The number of nitrogens with zero attached hydrogens (tertiary/aromatic N) is 1. The molecule has 2 aromatic rings. The first-order valence-electron chi connectivity index (χ1n) is 4.92. The van der Waals surface area contributed by atoms with Crippen molar-refractivity contribution in [2.45, 2.75) is 18.8 Å². The number of benzene rings is 1. The molecule has 0 saturated heterocycles. The Kier molecular flexibility index (Phi) is 1.88. The molecule has 0 saturated carbocycles. The molecule has 14 heavy (non-hydrogen) atoms. The van der Waals surface area contributed by atoms with E-state index in [1.54, 1.807) is 11.3 Å². The summed E-state index contributed by atoms with van der Waals surface area (Å²) < 4.78 is 0. The van der Waals surface area contributed by atoms with Crippen LogP contribution in [0.2, 0.25) is 0 Å². The molecule has 0 N–H and O–H groups in total. The van der Waals surface area contributed by atoms with Crippen LogP contribution in [-0.4, -0.2) is 4.98 Å². The van der Waals surface area contributed by atoms with Crippen LogP contribution in [0.25, 0.3) is 0 Å². The zero-order valence-electron chi connectivity index (χ0n) is 7.81. The molecule has 1 heterocycles. The molecule has 2 heteroatoms. The first-order valence-corrected chi connectivity index (χ1v) is 5.80. The lowest BCUT2D eigenvalue weighted by atomic mass is 10.0. The van der Waals surface area contributed by atoms with Crippen LogP contribution in [0.5, 0.6) is 0 Å². The molecule has 0 spiro atoms. The van der Waals surface area contributed by atoms with Gasteiger partial charge in [-0.2, -0.15) is 0 Å². The van der Waals surface area contributed by atoms with Crippen LogP contribution < -0.4 is 0 Å². The lowest BCUT2D eigenvalue weighted by molar-refractivity contribution is 0.780. The van der Waals surface area contributed by atoms with Crippen molar-refractivity contribution in [2.24, 2.45) is 0 Å². The number of thiazole rings is 1. The van der Waals surface area contributed by atoms with Crippen LogP contribution in [0, 0.1) is 0 Å². The minimum absolute atomic E-state index is 0.561. The monoisotopic (exact) mass is 201 g/mol. The van der Waals surface area contributed by atoms with Crippen LogP contribution in [0.4, 0.5) is 0 Å². The van der Waals surface area contributed by atoms with Crippen LogP contribution in [0.1, 0.15) is 28.5 Å². The van der Waals surface area contributed by atoms with Gasteiger partial charge in [-0.3, -0.25) is 0 Å². The average Bonchev–Trinajstić information content (AvgIpc) is 2.85. The molecule has 0 bridgehead atoms. The van der Waals surface area contributed by atoms with Crippen molar-refractivity contribution >= 4 is 11.3 Å². The van der Waals surface area contributed by atoms with Gasteiger partial charge in [0.2, 0.25) is 0 Å². The second kappa shape index (κ2) is 3.21. The van der Waals surface area contributed by atoms with E-state index in [-0.39, 0.29) is 0 Å². The first kappa shape index (κ1) is 8.18. The van der Waals surface area contributed by atoms with Crippen molar-refractivity contribution in [3.63, 3.8) is 0 Å². The van der Waals surface area contributed by atoms with Crippen molar-refractivity contribution in [2.75, 3.05) is 0 Å². The number of hydrogen-bond donors (Lipinski definition) is 0. The van der Waals surface area contributed by atoms with Gasteiger partial charge in [0.1, 0.15) is 0 Å². The van der Waals surface area contributed by atoms with E-state index >= 15 is 0 Å². The fourth-order valence-corrected chi connectivity index (χ4v) is 3.01. The third-order valence-corrected chi connectivity index (χ3v) is 3.77. The van der Waals surface area contributed by atoms with E-state index < -0.39 is 0 Å². The molecule has 0 radical (unpaired) electrons. The first-order chi connectivity index (χ1) is 6.95. The Morgan fingerprint density at radius 1 is 1.29 bits per heavy atom. The van der Waals surface area contributed by atoms with Gasteiger partial charge < -0.3 is 0 Å². The molecule has 1 aromatic heterocycles. The van der Waals surface area contributed by atoms with Gasteiger partial charge in [0.25, 0.3) is 0 Å². The van der Waals surface area contributed by atoms with Gasteiger partial charge in [0.15, 0.2) is 0 Å². The van der Waals surface area contributed by atoms with Crippen LogP contribution in [0.15, 0.2) is 35.8 Å². The standard InChI is InChI=1S/C12H11NS/c1-2-4-10-9(3-1)5-6-11(10)12-13-7-8-14-12/h1-4,7-8,11H,5-6H2. The third kappa shape index (κ3) is 1.18. The largest absolute Gasteiger partial charge is 0.249 e. The summed E-state index contributed by atoms with van der Waals surface area (Å²) in [4.78, 5) is 4.42. The highest BCUT2D eigenvalue weighted by molar-refractivity contribution is 7.09. The van der Waals surface area contributed by atoms with Gasteiger partial charge in [0, 0.05) is 17.5 Å². The summed E-state index contributed by atoms with van der Waals surface area (Å²) in [5.41, 5.74) is 3.00. The zero-order chi connectivity index (χ0) is 9.38. The van der Waals surface area contributed by atoms with E-state index in [9.17, 15) is 0 Å². The molecule has 70 valence electrons. The van der Waals surface area contributed by atoms with Crippen molar-refractivity contribution < 1.29 is 0 Å². The minimum atomic E-state index is 0.561. The predicted molar refractivity (Wildman–Crippen MR) is 58.7 cm³/mol.